The first-order chi connectivity index (χ1) is 10.1. The third-order valence-electron chi connectivity index (χ3n) is 4.10. The predicted molar refractivity (Wildman–Crippen MR) is 81.0 cm³/mol. The van der Waals surface area contributed by atoms with E-state index >= 15 is 0 Å². The summed E-state index contributed by atoms with van der Waals surface area (Å²) >= 11 is 0. The summed E-state index contributed by atoms with van der Waals surface area (Å²) in [6, 6.07) is 10.0. The first-order valence-corrected chi connectivity index (χ1v) is 7.50. The molecule has 1 amide bonds. The Morgan fingerprint density at radius 3 is 2.95 bits per heavy atom. The fourth-order valence-corrected chi connectivity index (χ4v) is 2.86. The lowest BCUT2D eigenvalue weighted by molar-refractivity contribution is 0.0625. The fourth-order valence-electron chi connectivity index (χ4n) is 2.86. The molecule has 0 spiro atoms. The quantitative estimate of drug-likeness (QED) is 0.845. The molecule has 1 aliphatic heterocycles. The van der Waals surface area contributed by atoms with Crippen LogP contribution < -0.4 is 0 Å². The van der Waals surface area contributed by atoms with Gasteiger partial charge in [0.1, 0.15) is 0 Å². The van der Waals surface area contributed by atoms with Gasteiger partial charge in [0.15, 0.2) is 11.5 Å². The Morgan fingerprint density at radius 2 is 2.19 bits per heavy atom. The van der Waals surface area contributed by atoms with E-state index in [1.54, 1.807) is 6.07 Å². The highest BCUT2D eigenvalue weighted by molar-refractivity contribution is 5.93. The van der Waals surface area contributed by atoms with Crippen molar-refractivity contribution >= 4 is 5.91 Å². The Bertz CT molecular complexity index is 648. The van der Waals surface area contributed by atoms with Gasteiger partial charge in [0.2, 0.25) is 0 Å². The van der Waals surface area contributed by atoms with Crippen LogP contribution in [0.2, 0.25) is 0 Å². The number of rotatable bonds is 2. The minimum absolute atomic E-state index is 0.0233. The molecule has 21 heavy (non-hydrogen) atoms. The van der Waals surface area contributed by atoms with Gasteiger partial charge in [-0.1, -0.05) is 28.9 Å². The first kappa shape index (κ1) is 13.9. The van der Waals surface area contributed by atoms with Gasteiger partial charge in [-0.3, -0.25) is 4.79 Å². The highest BCUT2D eigenvalue weighted by Crippen LogP contribution is 2.24. The van der Waals surface area contributed by atoms with Crippen molar-refractivity contribution in [1.82, 2.24) is 10.1 Å². The van der Waals surface area contributed by atoms with Crippen molar-refractivity contribution in [3.05, 3.63) is 41.6 Å². The van der Waals surface area contributed by atoms with Crippen molar-refractivity contribution in [1.29, 1.82) is 0 Å². The van der Waals surface area contributed by atoms with Gasteiger partial charge in [-0.2, -0.15) is 0 Å². The van der Waals surface area contributed by atoms with Crippen LogP contribution in [0.4, 0.5) is 0 Å². The minimum Gasteiger partial charge on any atom is -0.355 e. The van der Waals surface area contributed by atoms with Crippen LogP contribution in [0.5, 0.6) is 0 Å². The Labute approximate surface area is 124 Å². The molecule has 0 unspecified atom stereocenters. The number of piperidine rings is 1. The molecule has 2 heterocycles. The van der Waals surface area contributed by atoms with Crippen molar-refractivity contribution in [3.8, 4) is 11.3 Å². The molecule has 3 rings (SSSR count). The van der Waals surface area contributed by atoms with Crippen molar-refractivity contribution in [2.75, 3.05) is 6.54 Å². The van der Waals surface area contributed by atoms with Gasteiger partial charge in [-0.25, -0.2) is 0 Å². The summed E-state index contributed by atoms with van der Waals surface area (Å²) < 4.78 is 5.36. The van der Waals surface area contributed by atoms with Gasteiger partial charge < -0.3 is 9.42 Å². The summed E-state index contributed by atoms with van der Waals surface area (Å²) in [6.45, 7) is 4.94. The smallest absolute Gasteiger partial charge is 0.276 e. The monoisotopic (exact) mass is 284 g/mol. The molecule has 0 bridgehead atoms. The predicted octanol–water partition coefficient (Wildman–Crippen LogP) is 3.66. The summed E-state index contributed by atoms with van der Waals surface area (Å²) in [5.41, 5.74) is 2.51. The highest BCUT2D eigenvalue weighted by Gasteiger charge is 2.26. The van der Waals surface area contributed by atoms with E-state index in [2.05, 4.69) is 12.1 Å². The molecule has 0 N–H and O–H groups in total. The lowest BCUT2D eigenvalue weighted by Crippen LogP contribution is -2.42. The maximum atomic E-state index is 12.5. The van der Waals surface area contributed by atoms with Crippen molar-refractivity contribution in [3.63, 3.8) is 0 Å². The molecule has 1 aromatic carbocycles. The Balaban J connectivity index is 1.83. The molecule has 110 valence electrons. The van der Waals surface area contributed by atoms with E-state index in [9.17, 15) is 4.79 Å². The molecule has 4 heteroatoms. The van der Waals surface area contributed by atoms with Crippen LogP contribution in [0, 0.1) is 6.92 Å². The molecule has 4 nitrogen and oxygen atoms in total. The molecule has 1 saturated heterocycles. The van der Waals surface area contributed by atoms with Gasteiger partial charge in [-0.05, 0) is 39.2 Å². The van der Waals surface area contributed by atoms with Crippen molar-refractivity contribution in [2.45, 2.75) is 39.2 Å². The summed E-state index contributed by atoms with van der Waals surface area (Å²) in [6.07, 6.45) is 3.32. The number of carbonyl (C=O) groups excluding carboxylic acids is 1. The number of aryl methyl sites for hydroxylation is 1. The van der Waals surface area contributed by atoms with E-state index in [-0.39, 0.29) is 11.9 Å². The molecule has 1 atom stereocenters. The Hall–Kier alpha value is -2.10. The molecular weight excluding hydrogens is 264 g/mol. The average molecular weight is 284 g/mol. The van der Waals surface area contributed by atoms with Crippen LogP contribution in [0.3, 0.4) is 0 Å². The van der Waals surface area contributed by atoms with Gasteiger partial charge in [0, 0.05) is 24.2 Å². The zero-order chi connectivity index (χ0) is 14.8. The Morgan fingerprint density at radius 1 is 1.33 bits per heavy atom. The van der Waals surface area contributed by atoms with Crippen LogP contribution in [0.15, 0.2) is 34.9 Å². The number of aromatic nitrogens is 1. The lowest BCUT2D eigenvalue weighted by Gasteiger charge is -2.32. The molecule has 0 saturated carbocycles. The highest BCUT2D eigenvalue weighted by atomic mass is 16.5. The number of benzene rings is 1. The van der Waals surface area contributed by atoms with E-state index in [0.717, 1.165) is 30.5 Å². The fraction of sp³-hybridized carbons (Fsp3) is 0.412. The number of hydrogen-bond donors (Lipinski definition) is 0. The molecule has 1 aromatic heterocycles. The number of carbonyl (C=O) groups is 1. The van der Waals surface area contributed by atoms with E-state index in [4.69, 9.17) is 4.52 Å². The summed E-state index contributed by atoms with van der Waals surface area (Å²) in [5.74, 6) is 0.622. The summed E-state index contributed by atoms with van der Waals surface area (Å²) in [4.78, 5) is 14.4. The SMILES string of the molecule is Cc1cccc(-c2cc(C(=O)N3CCCC[C@@H]3C)no2)c1. The molecular formula is C17H20N2O2. The maximum Gasteiger partial charge on any atom is 0.276 e. The number of amides is 1. The standard InChI is InChI=1S/C17H20N2O2/c1-12-6-5-8-14(10-12)16-11-15(18-21-16)17(20)19-9-4-3-7-13(19)2/h5-6,8,10-11,13H,3-4,7,9H2,1-2H3/t13-/m0/s1. The second-order valence-corrected chi connectivity index (χ2v) is 5.79. The largest absolute Gasteiger partial charge is 0.355 e. The number of likely N-dealkylation sites (tertiary alicyclic amines) is 1. The van der Waals surface area contributed by atoms with Crippen LogP contribution in [0.25, 0.3) is 11.3 Å². The van der Waals surface area contributed by atoms with Crippen LogP contribution in [-0.4, -0.2) is 28.6 Å². The second-order valence-electron chi connectivity index (χ2n) is 5.79. The Kier molecular flexibility index (Phi) is 3.78. The number of nitrogens with zero attached hydrogens (tertiary/aromatic N) is 2. The van der Waals surface area contributed by atoms with E-state index in [1.165, 1.54) is 6.42 Å². The van der Waals surface area contributed by atoms with Crippen molar-refractivity contribution in [2.24, 2.45) is 0 Å². The topological polar surface area (TPSA) is 46.3 Å². The maximum absolute atomic E-state index is 12.5. The average Bonchev–Trinajstić information content (AvgIpc) is 2.97. The molecule has 2 aromatic rings. The van der Waals surface area contributed by atoms with E-state index in [1.807, 2.05) is 36.1 Å². The second kappa shape index (κ2) is 5.72. The van der Waals surface area contributed by atoms with Gasteiger partial charge >= 0.3 is 0 Å². The van der Waals surface area contributed by atoms with Gasteiger partial charge in [-0.15, -0.1) is 0 Å². The van der Waals surface area contributed by atoms with Gasteiger partial charge in [0.25, 0.3) is 5.91 Å². The third kappa shape index (κ3) is 2.84. The van der Waals surface area contributed by atoms with Crippen molar-refractivity contribution < 1.29 is 9.32 Å². The van der Waals surface area contributed by atoms with E-state index in [0.29, 0.717) is 11.5 Å². The minimum atomic E-state index is -0.0233. The van der Waals surface area contributed by atoms with Crippen LogP contribution in [-0.2, 0) is 0 Å². The molecule has 0 radical (unpaired) electrons. The molecule has 1 aliphatic rings. The zero-order valence-corrected chi connectivity index (χ0v) is 12.5. The normalized spacial score (nSPS) is 18.8. The zero-order valence-electron chi connectivity index (χ0n) is 12.5. The lowest BCUT2D eigenvalue weighted by atomic mass is 10.0. The summed E-state index contributed by atoms with van der Waals surface area (Å²) in [7, 11) is 0. The van der Waals surface area contributed by atoms with Crippen LogP contribution >= 0.6 is 0 Å². The summed E-state index contributed by atoms with van der Waals surface area (Å²) in [5, 5.41) is 3.97. The van der Waals surface area contributed by atoms with Gasteiger partial charge in [0.05, 0.1) is 0 Å². The third-order valence-corrected chi connectivity index (χ3v) is 4.10. The van der Waals surface area contributed by atoms with Crippen LogP contribution in [0.1, 0.15) is 42.2 Å². The number of hydrogen-bond acceptors (Lipinski definition) is 3. The van der Waals surface area contributed by atoms with E-state index < -0.39 is 0 Å². The molecule has 0 aliphatic carbocycles. The molecule has 1 fully saturated rings. The first-order valence-electron chi connectivity index (χ1n) is 7.50.